The monoisotopic (exact) mass is 335 g/mol. The number of phenolic OH excluding ortho intramolecular Hbond substituents is 1. The number of nitrogens with two attached hydrogens (primary N) is 1. The Bertz CT molecular complexity index is 557. The Balaban J connectivity index is 2.80. The van der Waals surface area contributed by atoms with Crippen LogP contribution in [0.2, 0.25) is 0 Å². The first-order chi connectivity index (χ1) is 11.3. The number of amides is 2. The van der Waals surface area contributed by atoms with Crippen molar-refractivity contribution < 1.29 is 19.5 Å². The van der Waals surface area contributed by atoms with Crippen LogP contribution in [0.1, 0.15) is 25.8 Å². The van der Waals surface area contributed by atoms with Gasteiger partial charge in [0.05, 0.1) is 12.6 Å². The van der Waals surface area contributed by atoms with Crippen LogP contribution in [0.5, 0.6) is 5.75 Å². The van der Waals surface area contributed by atoms with E-state index in [2.05, 4.69) is 10.6 Å². The van der Waals surface area contributed by atoms with Gasteiger partial charge in [-0.2, -0.15) is 0 Å². The van der Waals surface area contributed by atoms with Crippen molar-refractivity contribution in [1.29, 1.82) is 0 Å². The van der Waals surface area contributed by atoms with Crippen molar-refractivity contribution in [1.82, 2.24) is 10.6 Å². The van der Waals surface area contributed by atoms with Gasteiger partial charge in [0.15, 0.2) is 0 Å². The molecule has 0 saturated heterocycles. The van der Waals surface area contributed by atoms with E-state index in [9.17, 15) is 19.5 Å². The molecule has 7 nitrogen and oxygen atoms in total. The second-order valence-electron chi connectivity index (χ2n) is 6.08. The van der Waals surface area contributed by atoms with Gasteiger partial charge in [0.2, 0.25) is 11.8 Å². The van der Waals surface area contributed by atoms with E-state index in [1.807, 2.05) is 13.8 Å². The van der Waals surface area contributed by atoms with Crippen molar-refractivity contribution in [2.45, 2.75) is 38.8 Å². The quantitative estimate of drug-likeness (QED) is 0.477. The smallest absolute Gasteiger partial charge is 0.243 e. The molecule has 1 aromatic rings. The van der Waals surface area contributed by atoms with Crippen LogP contribution in [0.15, 0.2) is 24.3 Å². The number of carbonyl (C=O) groups is 3. The number of benzene rings is 1. The maximum atomic E-state index is 12.2. The van der Waals surface area contributed by atoms with Crippen LogP contribution in [0.3, 0.4) is 0 Å². The minimum atomic E-state index is -0.847. The summed E-state index contributed by atoms with van der Waals surface area (Å²) in [4.78, 5) is 34.8. The highest BCUT2D eigenvalue weighted by molar-refractivity contribution is 5.90. The Hall–Kier alpha value is -2.41. The second-order valence-corrected chi connectivity index (χ2v) is 6.08. The van der Waals surface area contributed by atoms with Gasteiger partial charge in [0, 0.05) is 6.42 Å². The summed E-state index contributed by atoms with van der Waals surface area (Å²) in [6.07, 6.45) is 1.31. The molecule has 0 spiro atoms. The Morgan fingerprint density at radius 2 is 1.83 bits per heavy atom. The third-order valence-electron chi connectivity index (χ3n) is 3.43. The molecular weight excluding hydrogens is 310 g/mol. The Kier molecular flexibility index (Phi) is 7.91. The van der Waals surface area contributed by atoms with E-state index in [1.165, 1.54) is 12.1 Å². The van der Waals surface area contributed by atoms with Crippen molar-refractivity contribution >= 4 is 18.1 Å². The summed E-state index contributed by atoms with van der Waals surface area (Å²) in [6, 6.07) is 4.78. The lowest BCUT2D eigenvalue weighted by Crippen LogP contribution is -2.53. The molecule has 2 atom stereocenters. The molecule has 1 aromatic carbocycles. The lowest BCUT2D eigenvalue weighted by molar-refractivity contribution is -0.130. The average Bonchev–Trinajstić information content (AvgIpc) is 2.53. The van der Waals surface area contributed by atoms with Crippen molar-refractivity contribution in [3.05, 3.63) is 29.8 Å². The molecule has 0 aliphatic rings. The Morgan fingerprint density at radius 3 is 2.38 bits per heavy atom. The van der Waals surface area contributed by atoms with E-state index in [1.54, 1.807) is 12.1 Å². The molecule has 0 aliphatic carbocycles. The SMILES string of the molecule is CC(C)C[C@H](N)C(=O)N[C@@H](Cc1ccc(O)cc1)C(=O)NCC=O. The zero-order valence-corrected chi connectivity index (χ0v) is 14.0. The van der Waals surface area contributed by atoms with Crippen molar-refractivity contribution in [3.63, 3.8) is 0 Å². The molecule has 132 valence electrons. The summed E-state index contributed by atoms with van der Waals surface area (Å²) >= 11 is 0. The van der Waals surface area contributed by atoms with E-state index in [-0.39, 0.29) is 24.6 Å². The summed E-state index contributed by atoms with van der Waals surface area (Å²) in [6.45, 7) is 3.79. The maximum Gasteiger partial charge on any atom is 0.243 e. The topological polar surface area (TPSA) is 122 Å². The van der Waals surface area contributed by atoms with Gasteiger partial charge in [-0.15, -0.1) is 0 Å². The lowest BCUT2D eigenvalue weighted by atomic mass is 10.0. The fraction of sp³-hybridized carbons (Fsp3) is 0.471. The van der Waals surface area contributed by atoms with Crippen molar-refractivity contribution in [2.24, 2.45) is 11.7 Å². The first-order valence-corrected chi connectivity index (χ1v) is 7.88. The summed E-state index contributed by atoms with van der Waals surface area (Å²) < 4.78 is 0. The first kappa shape index (κ1) is 19.6. The molecule has 2 amide bonds. The molecule has 0 heterocycles. The molecule has 1 rings (SSSR count). The molecule has 0 fully saturated rings. The molecular formula is C17H25N3O4. The number of phenols is 1. The highest BCUT2D eigenvalue weighted by Crippen LogP contribution is 2.12. The molecule has 0 aromatic heterocycles. The number of rotatable bonds is 9. The van der Waals surface area contributed by atoms with Gasteiger partial charge >= 0.3 is 0 Å². The highest BCUT2D eigenvalue weighted by atomic mass is 16.3. The molecule has 7 heteroatoms. The lowest BCUT2D eigenvalue weighted by Gasteiger charge is -2.21. The van der Waals surface area contributed by atoms with Crippen LogP contribution in [0, 0.1) is 5.92 Å². The average molecular weight is 335 g/mol. The largest absolute Gasteiger partial charge is 0.508 e. The van der Waals surface area contributed by atoms with Crippen LogP contribution in [-0.2, 0) is 20.8 Å². The molecule has 0 saturated carbocycles. The highest BCUT2D eigenvalue weighted by Gasteiger charge is 2.24. The minimum Gasteiger partial charge on any atom is -0.508 e. The fourth-order valence-electron chi connectivity index (χ4n) is 2.24. The molecule has 5 N–H and O–H groups in total. The van der Waals surface area contributed by atoms with Gasteiger partial charge in [0.25, 0.3) is 0 Å². The third kappa shape index (κ3) is 6.78. The van der Waals surface area contributed by atoms with Gasteiger partial charge < -0.3 is 26.3 Å². The summed E-state index contributed by atoms with van der Waals surface area (Å²) in [7, 11) is 0. The van der Waals surface area contributed by atoms with Crippen LogP contribution in [0.4, 0.5) is 0 Å². The zero-order chi connectivity index (χ0) is 18.1. The number of nitrogens with one attached hydrogen (secondary N) is 2. The molecule has 0 aliphatic heterocycles. The van der Waals surface area contributed by atoms with Crippen LogP contribution < -0.4 is 16.4 Å². The summed E-state index contributed by atoms with van der Waals surface area (Å²) in [5.41, 5.74) is 6.61. The van der Waals surface area contributed by atoms with Gasteiger partial charge in [-0.1, -0.05) is 26.0 Å². The third-order valence-corrected chi connectivity index (χ3v) is 3.43. The number of hydrogen-bond acceptors (Lipinski definition) is 5. The number of aromatic hydroxyl groups is 1. The van der Waals surface area contributed by atoms with Crippen molar-refractivity contribution in [2.75, 3.05) is 6.54 Å². The summed E-state index contributed by atoms with van der Waals surface area (Å²) in [5.74, 6) is -0.497. The number of hydrogen-bond donors (Lipinski definition) is 4. The van der Waals surface area contributed by atoms with Crippen LogP contribution >= 0.6 is 0 Å². The van der Waals surface area contributed by atoms with Gasteiger partial charge in [0.1, 0.15) is 18.1 Å². The van der Waals surface area contributed by atoms with Gasteiger partial charge in [-0.3, -0.25) is 9.59 Å². The number of carbonyl (C=O) groups excluding carboxylic acids is 3. The second kappa shape index (κ2) is 9.67. The predicted octanol–water partition coefficient (Wildman–Crippen LogP) is 0.108. The molecule has 0 unspecified atom stereocenters. The van der Waals surface area contributed by atoms with E-state index in [4.69, 9.17) is 5.73 Å². The standard InChI is InChI=1S/C17H25N3O4/c1-11(2)9-14(18)16(23)20-15(17(24)19-7-8-21)10-12-3-5-13(22)6-4-12/h3-6,8,11,14-15,22H,7,9-10,18H2,1-2H3,(H,19,24)(H,20,23)/t14-,15-/m0/s1. The summed E-state index contributed by atoms with van der Waals surface area (Å²) in [5, 5.41) is 14.4. The van der Waals surface area contributed by atoms with Crippen LogP contribution in [0.25, 0.3) is 0 Å². The molecule has 0 radical (unpaired) electrons. The number of aldehydes is 1. The van der Waals surface area contributed by atoms with E-state index < -0.39 is 23.9 Å². The molecule has 24 heavy (non-hydrogen) atoms. The molecule has 0 bridgehead atoms. The normalized spacial score (nSPS) is 13.2. The minimum absolute atomic E-state index is 0.115. The fourth-order valence-corrected chi connectivity index (χ4v) is 2.24. The Labute approximate surface area is 141 Å². The van der Waals surface area contributed by atoms with Crippen LogP contribution in [-0.4, -0.2) is 41.8 Å². The van der Waals surface area contributed by atoms with Gasteiger partial charge in [-0.05, 0) is 30.0 Å². The first-order valence-electron chi connectivity index (χ1n) is 7.88. The van der Waals surface area contributed by atoms with Gasteiger partial charge in [-0.25, -0.2) is 0 Å². The van der Waals surface area contributed by atoms with E-state index in [0.29, 0.717) is 12.7 Å². The predicted molar refractivity (Wildman–Crippen MR) is 90.2 cm³/mol. The Morgan fingerprint density at radius 1 is 1.21 bits per heavy atom. The van der Waals surface area contributed by atoms with E-state index >= 15 is 0 Å². The zero-order valence-electron chi connectivity index (χ0n) is 14.0. The van der Waals surface area contributed by atoms with Crippen molar-refractivity contribution in [3.8, 4) is 5.75 Å². The van der Waals surface area contributed by atoms with E-state index in [0.717, 1.165) is 5.56 Å². The maximum absolute atomic E-state index is 12.2.